The number of benzene rings is 3. The lowest BCUT2D eigenvalue weighted by molar-refractivity contribution is 0.148. The average Bonchev–Trinajstić information content (AvgIpc) is 2.85. The maximum Gasteiger partial charge on any atom is 0.152 e. The van der Waals surface area contributed by atoms with Gasteiger partial charge in [0, 0.05) is 55.7 Å². The fourth-order valence-corrected chi connectivity index (χ4v) is 4.77. The van der Waals surface area contributed by atoms with Crippen LogP contribution in [0.5, 0.6) is 5.75 Å². The number of halogens is 2. The van der Waals surface area contributed by atoms with E-state index in [0.717, 1.165) is 66.1 Å². The fourth-order valence-electron chi connectivity index (χ4n) is 4.28. The number of pyridine rings is 1. The molecule has 3 aromatic carbocycles. The third-order valence-corrected chi connectivity index (χ3v) is 6.90. The SMILES string of the molecule is CN1CCN(Cc2ccc(Nc3ccnc4ccc(-c5cc(Cl)c(O)c(Cl)c5)cc34)cc2)CC1. The summed E-state index contributed by atoms with van der Waals surface area (Å²) in [6.07, 6.45) is 1.81. The third-order valence-electron chi connectivity index (χ3n) is 6.33. The number of hydrogen-bond donors (Lipinski definition) is 2. The Labute approximate surface area is 209 Å². The van der Waals surface area contributed by atoms with Crippen molar-refractivity contribution in [3.05, 3.63) is 82.5 Å². The highest BCUT2D eigenvalue weighted by Gasteiger charge is 2.14. The average molecular weight is 493 g/mol. The first-order valence-corrected chi connectivity index (χ1v) is 12.1. The summed E-state index contributed by atoms with van der Waals surface area (Å²) in [6.45, 7) is 5.45. The van der Waals surface area contributed by atoms with Crippen LogP contribution < -0.4 is 5.32 Å². The normalized spacial score (nSPS) is 15.0. The van der Waals surface area contributed by atoms with Crippen molar-refractivity contribution >= 4 is 45.5 Å². The summed E-state index contributed by atoms with van der Waals surface area (Å²) in [5, 5.41) is 14.9. The smallest absolute Gasteiger partial charge is 0.152 e. The van der Waals surface area contributed by atoms with Crippen LogP contribution in [-0.2, 0) is 6.54 Å². The van der Waals surface area contributed by atoms with E-state index in [2.05, 4.69) is 57.5 Å². The molecular formula is C27H26Cl2N4O. The van der Waals surface area contributed by atoms with E-state index in [1.165, 1.54) is 5.56 Å². The first kappa shape index (κ1) is 22.9. The fraction of sp³-hybridized carbons (Fsp3) is 0.222. The number of rotatable bonds is 5. The summed E-state index contributed by atoms with van der Waals surface area (Å²) < 4.78 is 0. The number of nitrogens with zero attached hydrogens (tertiary/aromatic N) is 3. The highest BCUT2D eigenvalue weighted by atomic mass is 35.5. The Morgan fingerprint density at radius 1 is 0.882 bits per heavy atom. The van der Waals surface area contributed by atoms with Crippen LogP contribution >= 0.6 is 23.2 Å². The molecule has 1 aliphatic heterocycles. The van der Waals surface area contributed by atoms with Crippen LogP contribution in [0, 0.1) is 0 Å². The highest BCUT2D eigenvalue weighted by molar-refractivity contribution is 6.37. The van der Waals surface area contributed by atoms with E-state index in [1.807, 2.05) is 18.2 Å². The number of piperazine rings is 1. The Bertz CT molecular complexity index is 1300. The van der Waals surface area contributed by atoms with Crippen molar-refractivity contribution in [2.24, 2.45) is 0 Å². The van der Waals surface area contributed by atoms with Crippen molar-refractivity contribution in [2.45, 2.75) is 6.54 Å². The van der Waals surface area contributed by atoms with E-state index >= 15 is 0 Å². The van der Waals surface area contributed by atoms with Crippen LogP contribution in [0.4, 0.5) is 11.4 Å². The van der Waals surface area contributed by atoms with Crippen LogP contribution in [0.15, 0.2) is 66.9 Å². The van der Waals surface area contributed by atoms with Gasteiger partial charge >= 0.3 is 0 Å². The van der Waals surface area contributed by atoms with E-state index in [4.69, 9.17) is 23.2 Å². The Hall–Kier alpha value is -2.83. The number of fused-ring (bicyclic) bond motifs is 1. The molecule has 2 heterocycles. The van der Waals surface area contributed by atoms with Crippen molar-refractivity contribution in [3.63, 3.8) is 0 Å². The minimum Gasteiger partial charge on any atom is -0.505 e. The van der Waals surface area contributed by atoms with Crippen molar-refractivity contribution in [2.75, 3.05) is 38.5 Å². The van der Waals surface area contributed by atoms with Gasteiger partial charge in [-0.15, -0.1) is 0 Å². The quantitative estimate of drug-likeness (QED) is 0.337. The number of phenolic OH excluding ortho intramolecular Hbond substituents is 1. The largest absolute Gasteiger partial charge is 0.505 e. The first-order chi connectivity index (χ1) is 16.5. The molecule has 2 N–H and O–H groups in total. The summed E-state index contributed by atoms with van der Waals surface area (Å²) in [4.78, 5) is 9.39. The van der Waals surface area contributed by atoms with E-state index < -0.39 is 0 Å². The number of nitrogens with one attached hydrogen (secondary N) is 1. The zero-order valence-corrected chi connectivity index (χ0v) is 20.4. The number of phenols is 1. The molecule has 5 rings (SSSR count). The highest BCUT2D eigenvalue weighted by Crippen LogP contribution is 2.37. The lowest BCUT2D eigenvalue weighted by Crippen LogP contribution is -2.43. The van der Waals surface area contributed by atoms with Crippen LogP contribution in [0.3, 0.4) is 0 Å². The zero-order chi connectivity index (χ0) is 23.7. The maximum absolute atomic E-state index is 9.89. The van der Waals surface area contributed by atoms with Gasteiger partial charge in [-0.2, -0.15) is 0 Å². The Morgan fingerprint density at radius 3 is 2.29 bits per heavy atom. The van der Waals surface area contributed by atoms with Gasteiger partial charge < -0.3 is 15.3 Å². The molecule has 0 saturated carbocycles. The van der Waals surface area contributed by atoms with Gasteiger partial charge in [-0.25, -0.2) is 0 Å². The predicted molar refractivity (Wildman–Crippen MR) is 141 cm³/mol. The lowest BCUT2D eigenvalue weighted by atomic mass is 10.0. The van der Waals surface area contributed by atoms with Gasteiger partial charge in [0.25, 0.3) is 0 Å². The number of aromatic nitrogens is 1. The molecular weight excluding hydrogens is 467 g/mol. The van der Waals surface area contributed by atoms with Gasteiger partial charge in [0.2, 0.25) is 0 Å². The Kier molecular flexibility index (Phi) is 6.61. The van der Waals surface area contributed by atoms with Crippen molar-refractivity contribution in [1.82, 2.24) is 14.8 Å². The number of aromatic hydroxyl groups is 1. The summed E-state index contributed by atoms with van der Waals surface area (Å²) in [6, 6.07) is 20.0. The molecule has 0 radical (unpaired) electrons. The van der Waals surface area contributed by atoms with Crippen LogP contribution in [0.25, 0.3) is 22.0 Å². The lowest BCUT2D eigenvalue weighted by Gasteiger charge is -2.32. The van der Waals surface area contributed by atoms with E-state index in [9.17, 15) is 5.11 Å². The summed E-state index contributed by atoms with van der Waals surface area (Å²) in [5.41, 5.74) is 5.97. The van der Waals surface area contributed by atoms with E-state index in [-0.39, 0.29) is 15.8 Å². The van der Waals surface area contributed by atoms with E-state index in [1.54, 1.807) is 18.3 Å². The topological polar surface area (TPSA) is 51.6 Å². The molecule has 7 heteroatoms. The standard InChI is InChI=1S/C27H26Cl2N4O/c1-32-10-12-33(13-11-32)17-18-2-5-21(6-3-18)31-26-8-9-30-25-7-4-19(14-22(25)26)20-15-23(28)27(34)24(29)16-20/h2-9,14-16,34H,10-13,17H2,1H3,(H,30,31). The number of likely N-dealkylation sites (N-methyl/N-ethyl adjacent to an activating group) is 1. The Balaban J connectivity index is 1.38. The maximum atomic E-state index is 9.89. The molecule has 0 amide bonds. The van der Waals surface area contributed by atoms with Crippen LogP contribution in [0.2, 0.25) is 10.0 Å². The monoisotopic (exact) mass is 492 g/mol. The molecule has 1 fully saturated rings. The molecule has 1 aromatic heterocycles. The Morgan fingerprint density at radius 2 is 1.59 bits per heavy atom. The minimum absolute atomic E-state index is 0.104. The van der Waals surface area contributed by atoms with Gasteiger partial charge in [-0.1, -0.05) is 41.4 Å². The summed E-state index contributed by atoms with van der Waals surface area (Å²) >= 11 is 12.3. The zero-order valence-electron chi connectivity index (χ0n) is 18.9. The van der Waals surface area contributed by atoms with E-state index in [0.29, 0.717) is 0 Å². The summed E-state index contributed by atoms with van der Waals surface area (Å²) in [5.74, 6) is -0.104. The second kappa shape index (κ2) is 9.80. The molecule has 0 atom stereocenters. The third kappa shape index (κ3) is 4.98. The van der Waals surface area contributed by atoms with Crippen molar-refractivity contribution in [3.8, 4) is 16.9 Å². The molecule has 5 nitrogen and oxygen atoms in total. The van der Waals surface area contributed by atoms with Crippen LogP contribution in [-0.4, -0.2) is 53.1 Å². The second-order valence-corrected chi connectivity index (χ2v) is 9.59. The van der Waals surface area contributed by atoms with Crippen molar-refractivity contribution in [1.29, 1.82) is 0 Å². The van der Waals surface area contributed by atoms with Crippen LogP contribution in [0.1, 0.15) is 5.56 Å². The molecule has 34 heavy (non-hydrogen) atoms. The molecule has 0 bridgehead atoms. The van der Waals surface area contributed by atoms with Gasteiger partial charge in [-0.05, 0) is 66.2 Å². The second-order valence-electron chi connectivity index (χ2n) is 8.78. The molecule has 174 valence electrons. The summed E-state index contributed by atoms with van der Waals surface area (Å²) in [7, 11) is 2.18. The predicted octanol–water partition coefficient (Wildman–Crippen LogP) is 6.41. The molecule has 0 spiro atoms. The molecule has 4 aromatic rings. The van der Waals surface area contributed by atoms with Gasteiger partial charge in [-0.3, -0.25) is 9.88 Å². The number of anilines is 2. The van der Waals surface area contributed by atoms with Gasteiger partial charge in [0.05, 0.1) is 15.6 Å². The minimum atomic E-state index is -0.104. The molecule has 1 aliphatic rings. The van der Waals surface area contributed by atoms with Gasteiger partial charge in [0.15, 0.2) is 5.75 Å². The van der Waals surface area contributed by atoms with Gasteiger partial charge in [0.1, 0.15) is 0 Å². The number of hydrogen-bond acceptors (Lipinski definition) is 5. The molecule has 0 aliphatic carbocycles. The first-order valence-electron chi connectivity index (χ1n) is 11.3. The molecule has 0 unspecified atom stereocenters. The van der Waals surface area contributed by atoms with Crippen molar-refractivity contribution < 1.29 is 5.11 Å². The molecule has 1 saturated heterocycles.